The number of fused-ring (bicyclic) bond motifs is 1. The Balaban J connectivity index is 2.15. The van der Waals surface area contributed by atoms with Crippen LogP contribution in [0.15, 0.2) is 29.7 Å². The first kappa shape index (κ1) is 16.7. The summed E-state index contributed by atoms with van der Waals surface area (Å²) in [5.74, 6) is 1.39. The summed E-state index contributed by atoms with van der Waals surface area (Å²) in [6, 6.07) is 7.80. The molecule has 0 radical (unpaired) electrons. The number of nitrogens with zero attached hydrogens (tertiary/aromatic N) is 2. The minimum Gasteiger partial charge on any atom is -0.490 e. The Hall–Kier alpha value is -3.14. The number of benzene rings is 1. The van der Waals surface area contributed by atoms with E-state index in [0.29, 0.717) is 36.2 Å². The van der Waals surface area contributed by atoms with E-state index in [1.165, 1.54) is 0 Å². The highest BCUT2D eigenvalue weighted by Gasteiger charge is 2.34. The second kappa shape index (κ2) is 6.77. The molecule has 25 heavy (non-hydrogen) atoms. The predicted octanol–water partition coefficient (Wildman–Crippen LogP) is 2.73. The largest absolute Gasteiger partial charge is 0.490 e. The lowest BCUT2D eigenvalue weighted by Crippen LogP contribution is -2.21. The Morgan fingerprint density at radius 1 is 1.28 bits per heavy atom. The number of rotatable bonds is 5. The Bertz CT molecular complexity index is 864. The van der Waals surface area contributed by atoms with E-state index < -0.39 is 0 Å². The monoisotopic (exact) mass is 340 g/mol. The highest BCUT2D eigenvalue weighted by molar-refractivity contribution is 5.57. The standard InChI is InChI=1S/C18H20N4O3/c1-4-23-13-7-6-11(8-14(13)24-5-2)16-12(9-19)17(20)25-18-15(16)10(3)21-22-18/h6-8,16H,4-5,20H2,1-3H3,(H,21,22)/t16-/m1/s1. The number of aromatic amines is 1. The number of allylic oxidation sites excluding steroid dienone is 1. The molecule has 0 spiro atoms. The summed E-state index contributed by atoms with van der Waals surface area (Å²) in [5.41, 5.74) is 8.78. The van der Waals surface area contributed by atoms with E-state index in [-0.39, 0.29) is 11.8 Å². The lowest BCUT2D eigenvalue weighted by atomic mass is 9.84. The number of nitrogens with two attached hydrogens (primary N) is 1. The fraction of sp³-hybridized carbons (Fsp3) is 0.333. The van der Waals surface area contributed by atoms with Crippen LogP contribution in [0.5, 0.6) is 17.4 Å². The average Bonchev–Trinajstić information content (AvgIpc) is 2.96. The molecule has 1 atom stereocenters. The molecule has 0 aliphatic carbocycles. The van der Waals surface area contributed by atoms with Crippen LogP contribution in [0.2, 0.25) is 0 Å². The molecule has 3 rings (SSSR count). The van der Waals surface area contributed by atoms with E-state index >= 15 is 0 Å². The number of aryl methyl sites for hydroxylation is 1. The quantitative estimate of drug-likeness (QED) is 0.867. The van der Waals surface area contributed by atoms with Gasteiger partial charge in [-0.3, -0.25) is 5.10 Å². The summed E-state index contributed by atoms with van der Waals surface area (Å²) in [4.78, 5) is 0. The summed E-state index contributed by atoms with van der Waals surface area (Å²) in [5, 5.41) is 16.6. The molecule has 0 saturated heterocycles. The van der Waals surface area contributed by atoms with E-state index in [1.54, 1.807) is 0 Å². The van der Waals surface area contributed by atoms with Crippen molar-refractivity contribution in [3.8, 4) is 23.4 Å². The molecule has 0 unspecified atom stereocenters. The van der Waals surface area contributed by atoms with Crippen molar-refractivity contribution in [1.29, 1.82) is 5.26 Å². The third kappa shape index (κ3) is 2.87. The van der Waals surface area contributed by atoms with Crippen LogP contribution in [0, 0.1) is 18.3 Å². The molecule has 1 aliphatic rings. The van der Waals surface area contributed by atoms with Crippen LogP contribution in [0.4, 0.5) is 0 Å². The van der Waals surface area contributed by atoms with Crippen molar-refractivity contribution in [2.24, 2.45) is 5.73 Å². The normalized spacial score (nSPS) is 16.0. The van der Waals surface area contributed by atoms with Crippen molar-refractivity contribution in [1.82, 2.24) is 10.2 Å². The van der Waals surface area contributed by atoms with E-state index in [4.69, 9.17) is 19.9 Å². The van der Waals surface area contributed by atoms with Gasteiger partial charge in [0.25, 0.3) is 0 Å². The van der Waals surface area contributed by atoms with E-state index in [2.05, 4.69) is 16.3 Å². The van der Waals surface area contributed by atoms with Gasteiger partial charge < -0.3 is 19.9 Å². The van der Waals surface area contributed by atoms with Crippen molar-refractivity contribution in [3.05, 3.63) is 46.5 Å². The van der Waals surface area contributed by atoms with Gasteiger partial charge in [0.1, 0.15) is 11.6 Å². The first-order chi connectivity index (χ1) is 12.1. The highest BCUT2D eigenvalue weighted by Crippen LogP contribution is 2.44. The molecular formula is C18H20N4O3. The Morgan fingerprint density at radius 3 is 2.68 bits per heavy atom. The van der Waals surface area contributed by atoms with Gasteiger partial charge in [-0.2, -0.15) is 5.26 Å². The Labute approximate surface area is 146 Å². The highest BCUT2D eigenvalue weighted by atomic mass is 16.5. The molecule has 7 heteroatoms. The van der Waals surface area contributed by atoms with Gasteiger partial charge in [0.15, 0.2) is 11.5 Å². The van der Waals surface area contributed by atoms with Crippen LogP contribution in [0.25, 0.3) is 0 Å². The molecule has 0 bridgehead atoms. The lowest BCUT2D eigenvalue weighted by Gasteiger charge is -2.24. The van der Waals surface area contributed by atoms with Crippen LogP contribution in [0.1, 0.15) is 36.6 Å². The smallest absolute Gasteiger partial charge is 0.244 e. The Morgan fingerprint density at radius 2 is 2.00 bits per heavy atom. The second-order valence-electron chi connectivity index (χ2n) is 5.56. The third-order valence-electron chi connectivity index (χ3n) is 4.03. The third-order valence-corrected chi connectivity index (χ3v) is 4.03. The van der Waals surface area contributed by atoms with Crippen LogP contribution in [-0.4, -0.2) is 23.4 Å². The van der Waals surface area contributed by atoms with Crippen molar-refractivity contribution in [2.75, 3.05) is 13.2 Å². The summed E-state index contributed by atoms with van der Waals surface area (Å²) < 4.78 is 16.8. The summed E-state index contributed by atoms with van der Waals surface area (Å²) >= 11 is 0. The molecule has 1 aromatic carbocycles. The number of nitriles is 1. The van der Waals surface area contributed by atoms with Gasteiger partial charge in [0.2, 0.25) is 11.8 Å². The first-order valence-electron chi connectivity index (χ1n) is 8.12. The van der Waals surface area contributed by atoms with Gasteiger partial charge in [-0.25, -0.2) is 0 Å². The van der Waals surface area contributed by atoms with Crippen molar-refractivity contribution < 1.29 is 14.2 Å². The number of hydrogen-bond acceptors (Lipinski definition) is 6. The molecule has 0 amide bonds. The van der Waals surface area contributed by atoms with Crippen LogP contribution < -0.4 is 19.9 Å². The molecule has 3 N–H and O–H groups in total. The van der Waals surface area contributed by atoms with Gasteiger partial charge in [0, 0.05) is 11.3 Å². The topological polar surface area (TPSA) is 106 Å². The van der Waals surface area contributed by atoms with Crippen molar-refractivity contribution in [2.45, 2.75) is 26.7 Å². The maximum atomic E-state index is 9.60. The molecular weight excluding hydrogens is 320 g/mol. The zero-order valence-electron chi connectivity index (χ0n) is 14.4. The molecule has 1 aliphatic heterocycles. The number of aromatic nitrogens is 2. The predicted molar refractivity (Wildman–Crippen MR) is 91.4 cm³/mol. The van der Waals surface area contributed by atoms with Crippen LogP contribution >= 0.6 is 0 Å². The fourth-order valence-electron chi connectivity index (χ4n) is 2.98. The molecule has 7 nitrogen and oxygen atoms in total. The van der Waals surface area contributed by atoms with Crippen molar-refractivity contribution >= 4 is 0 Å². The Kier molecular flexibility index (Phi) is 4.52. The maximum absolute atomic E-state index is 9.60. The maximum Gasteiger partial charge on any atom is 0.244 e. The summed E-state index contributed by atoms with van der Waals surface area (Å²) in [6.07, 6.45) is 0. The molecule has 0 fully saturated rings. The van der Waals surface area contributed by atoms with E-state index in [9.17, 15) is 5.26 Å². The van der Waals surface area contributed by atoms with Crippen molar-refractivity contribution in [3.63, 3.8) is 0 Å². The van der Waals surface area contributed by atoms with Crippen LogP contribution in [-0.2, 0) is 0 Å². The number of H-pyrrole nitrogens is 1. The van der Waals surface area contributed by atoms with E-state index in [0.717, 1.165) is 16.8 Å². The molecule has 0 saturated carbocycles. The van der Waals surface area contributed by atoms with Gasteiger partial charge >= 0.3 is 0 Å². The van der Waals surface area contributed by atoms with Gasteiger partial charge in [-0.05, 0) is 38.5 Å². The zero-order valence-corrected chi connectivity index (χ0v) is 14.4. The van der Waals surface area contributed by atoms with Gasteiger partial charge in [-0.15, -0.1) is 5.10 Å². The van der Waals surface area contributed by atoms with Gasteiger partial charge in [0.05, 0.1) is 19.1 Å². The molecule has 2 heterocycles. The second-order valence-corrected chi connectivity index (χ2v) is 5.56. The number of hydrogen-bond donors (Lipinski definition) is 2. The molecule has 130 valence electrons. The average molecular weight is 340 g/mol. The minimum atomic E-state index is -0.373. The molecule has 2 aromatic rings. The van der Waals surface area contributed by atoms with E-state index in [1.807, 2.05) is 39.0 Å². The summed E-state index contributed by atoms with van der Waals surface area (Å²) in [6.45, 7) is 6.76. The summed E-state index contributed by atoms with van der Waals surface area (Å²) in [7, 11) is 0. The number of ether oxygens (including phenoxy) is 3. The fourth-order valence-corrected chi connectivity index (χ4v) is 2.98. The SMILES string of the molecule is CCOc1ccc([C@@H]2C(C#N)=C(N)Oc3n[nH]c(C)c32)cc1OCC. The zero-order chi connectivity index (χ0) is 18.0. The lowest BCUT2D eigenvalue weighted by molar-refractivity contribution is 0.287. The number of nitrogens with one attached hydrogen (secondary N) is 1. The van der Waals surface area contributed by atoms with Gasteiger partial charge in [-0.1, -0.05) is 6.07 Å². The molecule has 1 aromatic heterocycles. The first-order valence-corrected chi connectivity index (χ1v) is 8.12. The van der Waals surface area contributed by atoms with Crippen LogP contribution in [0.3, 0.4) is 0 Å². The minimum absolute atomic E-state index is 0.0679.